The Morgan fingerprint density at radius 1 is 0.683 bits per heavy atom. The Bertz CT molecular complexity index is 1720. The van der Waals surface area contributed by atoms with E-state index in [-0.39, 0.29) is 69.9 Å². The second-order valence-corrected chi connectivity index (χ2v) is 20.6. The van der Waals surface area contributed by atoms with E-state index in [2.05, 4.69) is 27.0 Å². The Kier molecular flexibility index (Phi) is 29.2. The number of carbonyl (C=O) groups is 2. The van der Waals surface area contributed by atoms with Crippen molar-refractivity contribution in [2.45, 2.75) is 170 Å². The molecule has 2 aliphatic carbocycles. The zero-order chi connectivity index (χ0) is 48.7. The van der Waals surface area contributed by atoms with Crippen LogP contribution < -0.4 is 0 Å². The molecule has 2 aliphatic rings. The van der Waals surface area contributed by atoms with E-state index in [4.69, 9.17) is 30.3 Å². The molecule has 4 rings (SSSR count). The van der Waals surface area contributed by atoms with Crippen LogP contribution in [0.1, 0.15) is 188 Å². The summed E-state index contributed by atoms with van der Waals surface area (Å²) < 4.78 is 0. The first-order chi connectivity index (χ1) is 29.4. The summed E-state index contributed by atoms with van der Waals surface area (Å²) in [5, 5.41) is 62.3. The maximum atomic E-state index is 11.8. The second kappa shape index (κ2) is 30.8. The van der Waals surface area contributed by atoms with Crippen LogP contribution in [-0.2, 0) is 29.3 Å². The Morgan fingerprint density at radius 3 is 1.21 bits per heavy atom. The third-order valence-electron chi connectivity index (χ3n) is 10.8. The summed E-state index contributed by atoms with van der Waals surface area (Å²) in [6.45, 7) is 27.5. The number of rotatable bonds is 14. The van der Waals surface area contributed by atoms with E-state index in [1.165, 1.54) is 23.3 Å². The molecule has 0 heterocycles. The number of hydrogen-bond acceptors (Lipinski definition) is 6. The number of nitrogens with one attached hydrogen (secondary N) is 2. The van der Waals surface area contributed by atoms with Crippen LogP contribution in [0, 0.1) is 11.8 Å². The minimum atomic E-state index is -1.15. The number of hydrogen-bond donors (Lipinski definition) is 6. The molecule has 0 aromatic heterocycles. The van der Waals surface area contributed by atoms with Crippen molar-refractivity contribution in [1.29, 1.82) is 0 Å². The van der Waals surface area contributed by atoms with Crippen molar-refractivity contribution in [3.8, 4) is 23.0 Å². The van der Waals surface area contributed by atoms with Crippen LogP contribution in [0.25, 0.3) is 11.5 Å². The van der Waals surface area contributed by atoms with Crippen molar-refractivity contribution in [3.63, 3.8) is 0 Å². The average Bonchev–Trinajstić information content (AvgIpc) is 3.14. The van der Waals surface area contributed by atoms with Gasteiger partial charge in [0.25, 0.3) is 0 Å². The van der Waals surface area contributed by atoms with Crippen LogP contribution >= 0.6 is 18.8 Å². The number of aromatic hydroxyl groups is 4. The number of carboxylic acid groups (broad SMARTS) is 2. The summed E-state index contributed by atoms with van der Waals surface area (Å²) in [4.78, 5) is 23.7. The van der Waals surface area contributed by atoms with Crippen molar-refractivity contribution in [2.75, 3.05) is 0 Å². The molecule has 13 heteroatoms. The van der Waals surface area contributed by atoms with Crippen LogP contribution in [0.15, 0.2) is 59.7 Å². The van der Waals surface area contributed by atoms with Gasteiger partial charge in [-0.05, 0) is 114 Å². The molecule has 0 aliphatic heterocycles. The molecule has 4 atom stereocenters. The van der Waals surface area contributed by atoms with Crippen LogP contribution in [0.3, 0.4) is 0 Å². The Morgan fingerprint density at radius 2 is 0.968 bits per heavy atom. The van der Waals surface area contributed by atoms with E-state index >= 15 is 0 Å². The summed E-state index contributed by atoms with van der Waals surface area (Å²) in [5.74, 6) is -3.34. The van der Waals surface area contributed by atoms with Gasteiger partial charge in [0.15, 0.2) is 0 Å². The van der Waals surface area contributed by atoms with Gasteiger partial charge in [-0.1, -0.05) is 115 Å². The van der Waals surface area contributed by atoms with E-state index in [0.29, 0.717) is 35.1 Å². The van der Waals surface area contributed by atoms with E-state index in [1.807, 2.05) is 67.5 Å². The molecule has 0 radical (unpaired) electrons. The molecule has 0 unspecified atom stereocenters. The van der Waals surface area contributed by atoms with Crippen molar-refractivity contribution in [1.82, 2.24) is 0 Å². The van der Waals surface area contributed by atoms with E-state index in [9.17, 15) is 40.2 Å². The quantitative estimate of drug-likeness (QED) is 0.0792. The molecule has 0 fully saturated rings. The Balaban J connectivity index is 0.000000989. The summed E-state index contributed by atoms with van der Waals surface area (Å²) >= 11 is -0.472. The standard InChI is InChI=1S/2C22H30O4.2C3H8N.2ClH.Pt/c2*1-5-6-7-8-15-12-18(23)20(21(24)19(15)22(25)26)17-11-14(4)9-10-16(17)13(2)3;2*1-3(2)4;;;/h2*11-12,16-17,23-24H,2,5-10H2,1,3-4H3,(H,25,26);2*3-4H,1-2H3;2*1H;/q;;2*-1;;;+4/p-2/t2*16-,17+;;;;;/m11...../s1. The zero-order valence-corrected chi connectivity index (χ0v) is 43.0. The molecule has 0 spiro atoms. The summed E-state index contributed by atoms with van der Waals surface area (Å²) in [6, 6.07) is 3.23. The van der Waals surface area contributed by atoms with Gasteiger partial charge in [0.1, 0.15) is 34.1 Å². The van der Waals surface area contributed by atoms with Gasteiger partial charge in [-0.25, -0.2) is 9.59 Å². The first kappa shape index (κ1) is 59.7. The fraction of sp³-hybridized carbons (Fsp3) is 0.560. The summed E-state index contributed by atoms with van der Waals surface area (Å²) in [6.07, 6.45) is 14.4. The van der Waals surface area contributed by atoms with Gasteiger partial charge in [0.05, 0.1) is 0 Å². The number of carboxylic acids is 2. The predicted octanol–water partition coefficient (Wildman–Crippen LogP) is 15.4. The number of phenolic OH excluding ortho intramolecular Hbond substituents is 2. The molecule has 2 aromatic rings. The van der Waals surface area contributed by atoms with Crippen molar-refractivity contribution < 1.29 is 56.7 Å². The summed E-state index contributed by atoms with van der Waals surface area (Å²) in [7, 11) is 9.75. The molecular formula is C50H76Cl2N2O8Pt. The number of allylic oxidation sites excluding steroid dienone is 6. The molecule has 0 bridgehead atoms. The molecule has 358 valence electrons. The Hall–Kier alpha value is -3.27. The Labute approximate surface area is 395 Å². The van der Waals surface area contributed by atoms with Gasteiger partial charge in [-0.2, -0.15) is 0 Å². The maximum absolute atomic E-state index is 11.8. The molecule has 0 saturated carbocycles. The second-order valence-electron chi connectivity index (χ2n) is 17.3. The number of aromatic carboxylic acids is 2. The minimum absolute atomic E-state index is 0.0267. The monoisotopic (exact) mass is 1100 g/mol. The number of aryl methyl sites for hydroxylation is 2. The number of benzene rings is 2. The number of phenols is 4. The number of halogens is 2. The third-order valence-corrected chi connectivity index (χ3v) is 10.8. The zero-order valence-electron chi connectivity index (χ0n) is 39.2. The van der Waals surface area contributed by atoms with Gasteiger partial charge >= 0.3 is 47.3 Å². The number of unbranched alkanes of at least 4 members (excludes halogenated alkanes) is 4. The fourth-order valence-corrected chi connectivity index (χ4v) is 7.92. The SMILES string of the molecule is C=C(C)[C@H]1CCC(C)=C[C@@H]1c1c(O)cc(CCCCC)c(C(=O)O)c1O.C=C(C)[C@H]1CCC(C)=C[C@@H]1c1c(O)cc(CCCCC)c(C(=O)O)c1O.CC(C)[NH-].CC(C)[NH-].[Cl][Pt+2][Cl]. The third kappa shape index (κ3) is 20.2. The normalized spacial score (nSPS) is 17.9. The molecule has 8 N–H and O–H groups in total. The van der Waals surface area contributed by atoms with Gasteiger partial charge in [0.2, 0.25) is 0 Å². The van der Waals surface area contributed by atoms with Crippen LogP contribution in [-0.4, -0.2) is 54.7 Å². The van der Waals surface area contributed by atoms with Crippen molar-refractivity contribution in [3.05, 3.63) is 105 Å². The van der Waals surface area contributed by atoms with Crippen LogP contribution in [0.2, 0.25) is 0 Å². The predicted molar refractivity (Wildman–Crippen MR) is 259 cm³/mol. The first-order valence-electron chi connectivity index (χ1n) is 21.9. The van der Waals surface area contributed by atoms with Gasteiger partial charge in [0, 0.05) is 23.0 Å². The van der Waals surface area contributed by atoms with E-state index < -0.39 is 28.4 Å². The first-order valence-corrected chi connectivity index (χ1v) is 27.6. The van der Waals surface area contributed by atoms with E-state index in [1.54, 1.807) is 0 Å². The van der Waals surface area contributed by atoms with Crippen LogP contribution in [0.4, 0.5) is 0 Å². The summed E-state index contributed by atoms with van der Waals surface area (Å²) in [5.41, 5.74) is 18.9. The van der Waals surface area contributed by atoms with Crippen molar-refractivity contribution in [2.24, 2.45) is 11.8 Å². The van der Waals surface area contributed by atoms with Gasteiger partial charge < -0.3 is 42.1 Å². The molecule has 63 heavy (non-hydrogen) atoms. The molecular weight excluding hydrogens is 1020 g/mol. The average molecular weight is 1100 g/mol. The molecule has 2 aromatic carbocycles. The van der Waals surface area contributed by atoms with Crippen LogP contribution in [0.5, 0.6) is 23.0 Å². The van der Waals surface area contributed by atoms with Gasteiger partial charge in [-0.15, -0.1) is 12.1 Å². The fourth-order valence-electron chi connectivity index (χ4n) is 7.92. The van der Waals surface area contributed by atoms with Crippen molar-refractivity contribution >= 4 is 30.8 Å². The van der Waals surface area contributed by atoms with Gasteiger partial charge in [-0.3, -0.25) is 0 Å². The molecule has 0 amide bonds. The molecule has 0 saturated heterocycles. The van der Waals surface area contributed by atoms with E-state index in [0.717, 1.165) is 75.4 Å². The molecule has 10 nitrogen and oxygen atoms in total. The topological polar surface area (TPSA) is 203 Å².